The van der Waals surface area contributed by atoms with Crippen LogP contribution in [0.1, 0.15) is 20.7 Å². The lowest BCUT2D eigenvalue weighted by atomic mass is 10.1. The summed E-state index contributed by atoms with van der Waals surface area (Å²) in [6, 6.07) is 7.86. The number of amides is 2. The number of nitrogen functional groups attached to an aromatic ring is 2. The topological polar surface area (TPSA) is 115 Å². The molecule has 0 unspecified atom stereocenters. The number of carbonyl (C=O) groups is 2. The minimum atomic E-state index is -0.481. The van der Waals surface area contributed by atoms with Gasteiger partial charge in [-0.25, -0.2) is 4.90 Å². The number of nitrogens with two attached hydrogens (primary N) is 2. The molecule has 1 aromatic carbocycles. The Labute approximate surface area is 107 Å². The second-order valence-electron chi connectivity index (χ2n) is 4.01. The Morgan fingerprint density at radius 1 is 0.895 bits per heavy atom. The molecule has 2 heterocycles. The minimum absolute atomic E-state index is 0.0963. The third-order valence-corrected chi connectivity index (χ3v) is 2.75. The maximum Gasteiger partial charge on any atom is 0.268 e. The lowest BCUT2D eigenvalue weighted by molar-refractivity contribution is 0.0924. The summed E-state index contributed by atoms with van der Waals surface area (Å²) in [5.41, 5.74) is 11.7. The fraction of sp³-hybridized carbons (Fsp3) is 0. The molecule has 2 amide bonds. The summed E-state index contributed by atoms with van der Waals surface area (Å²) in [5.74, 6) is -0.877. The average Bonchev–Trinajstić information content (AvgIpc) is 2.61. The van der Waals surface area contributed by atoms with Crippen molar-refractivity contribution < 1.29 is 9.59 Å². The highest BCUT2D eigenvalue weighted by Crippen LogP contribution is 2.26. The molecule has 7 heteroatoms. The Morgan fingerprint density at radius 2 is 1.37 bits per heavy atom. The van der Waals surface area contributed by atoms with Crippen LogP contribution in [0.2, 0.25) is 0 Å². The van der Waals surface area contributed by atoms with E-state index in [1.54, 1.807) is 24.3 Å². The van der Waals surface area contributed by atoms with E-state index in [1.807, 2.05) is 0 Å². The molecule has 0 saturated carbocycles. The van der Waals surface area contributed by atoms with Crippen molar-refractivity contribution in [1.29, 1.82) is 0 Å². The standard InChI is InChI=1S/C12H9N5O2/c13-8-5-9(14)16-12(15-8)17-10(18)6-3-1-2-4-7(6)11(17)19/h1-5H,(H4,13,14,15,16). The maximum atomic E-state index is 12.2. The Hall–Kier alpha value is -2.96. The van der Waals surface area contributed by atoms with Crippen LogP contribution in [-0.4, -0.2) is 21.8 Å². The number of anilines is 3. The van der Waals surface area contributed by atoms with Gasteiger partial charge in [-0.3, -0.25) is 9.59 Å². The third kappa shape index (κ3) is 1.60. The molecule has 1 aliphatic rings. The van der Waals surface area contributed by atoms with Crippen molar-refractivity contribution in [1.82, 2.24) is 9.97 Å². The summed E-state index contributed by atoms with van der Waals surface area (Å²) in [5, 5.41) is 0. The Kier molecular flexibility index (Phi) is 2.21. The predicted molar refractivity (Wildman–Crippen MR) is 68.4 cm³/mol. The van der Waals surface area contributed by atoms with Gasteiger partial charge in [0, 0.05) is 6.07 Å². The molecule has 3 rings (SSSR count). The van der Waals surface area contributed by atoms with Gasteiger partial charge in [0.25, 0.3) is 11.8 Å². The number of benzene rings is 1. The minimum Gasteiger partial charge on any atom is -0.383 e. The van der Waals surface area contributed by atoms with Gasteiger partial charge in [0.2, 0.25) is 5.95 Å². The van der Waals surface area contributed by atoms with Crippen LogP contribution in [0.4, 0.5) is 17.6 Å². The summed E-state index contributed by atoms with van der Waals surface area (Å²) >= 11 is 0. The van der Waals surface area contributed by atoms with E-state index in [2.05, 4.69) is 9.97 Å². The zero-order valence-electron chi connectivity index (χ0n) is 9.70. The smallest absolute Gasteiger partial charge is 0.268 e. The van der Waals surface area contributed by atoms with Gasteiger partial charge < -0.3 is 11.5 Å². The molecule has 1 aromatic heterocycles. The van der Waals surface area contributed by atoms with E-state index >= 15 is 0 Å². The van der Waals surface area contributed by atoms with E-state index in [9.17, 15) is 9.59 Å². The molecule has 2 aromatic rings. The quantitative estimate of drug-likeness (QED) is 0.714. The average molecular weight is 255 g/mol. The second kappa shape index (κ2) is 3.77. The SMILES string of the molecule is Nc1cc(N)nc(N2C(=O)c3ccccc3C2=O)n1. The van der Waals surface area contributed by atoms with Gasteiger partial charge in [0.15, 0.2) is 0 Å². The van der Waals surface area contributed by atoms with E-state index in [0.717, 1.165) is 4.90 Å². The molecule has 0 fully saturated rings. The van der Waals surface area contributed by atoms with Crippen molar-refractivity contribution in [3.63, 3.8) is 0 Å². The van der Waals surface area contributed by atoms with Crippen LogP contribution < -0.4 is 16.4 Å². The summed E-state index contributed by atoms with van der Waals surface area (Å²) < 4.78 is 0. The Balaban J connectivity index is 2.14. The van der Waals surface area contributed by atoms with Crippen molar-refractivity contribution in [3.05, 3.63) is 41.5 Å². The van der Waals surface area contributed by atoms with Crippen LogP contribution >= 0.6 is 0 Å². The second-order valence-corrected chi connectivity index (χ2v) is 4.01. The fourth-order valence-corrected chi connectivity index (χ4v) is 1.94. The summed E-state index contributed by atoms with van der Waals surface area (Å²) in [6.07, 6.45) is 0. The van der Waals surface area contributed by atoms with E-state index < -0.39 is 11.8 Å². The van der Waals surface area contributed by atoms with E-state index in [4.69, 9.17) is 11.5 Å². The maximum absolute atomic E-state index is 12.2. The van der Waals surface area contributed by atoms with Gasteiger partial charge in [0.05, 0.1) is 11.1 Å². The fourth-order valence-electron chi connectivity index (χ4n) is 1.94. The number of carbonyl (C=O) groups excluding carboxylic acids is 2. The number of hydrogen-bond acceptors (Lipinski definition) is 6. The van der Waals surface area contributed by atoms with Crippen LogP contribution in [0, 0.1) is 0 Å². The molecular formula is C12H9N5O2. The van der Waals surface area contributed by atoms with Gasteiger partial charge in [0.1, 0.15) is 11.6 Å². The lowest BCUT2D eigenvalue weighted by Gasteiger charge is -2.12. The zero-order valence-corrected chi connectivity index (χ0v) is 9.70. The molecule has 0 radical (unpaired) electrons. The van der Waals surface area contributed by atoms with Gasteiger partial charge in [-0.1, -0.05) is 12.1 Å². The number of hydrogen-bond donors (Lipinski definition) is 2. The largest absolute Gasteiger partial charge is 0.383 e. The molecule has 0 bridgehead atoms. The lowest BCUT2D eigenvalue weighted by Crippen LogP contribution is -2.31. The molecular weight excluding hydrogens is 246 g/mol. The van der Waals surface area contributed by atoms with Crippen molar-refractivity contribution >= 4 is 29.4 Å². The molecule has 4 N–H and O–H groups in total. The number of fused-ring (bicyclic) bond motifs is 1. The first kappa shape index (κ1) is 11.1. The monoisotopic (exact) mass is 255 g/mol. The van der Waals surface area contributed by atoms with Crippen LogP contribution in [0.3, 0.4) is 0 Å². The highest BCUT2D eigenvalue weighted by Gasteiger charge is 2.38. The Morgan fingerprint density at radius 3 is 1.84 bits per heavy atom. The van der Waals surface area contributed by atoms with E-state index in [1.165, 1.54) is 6.07 Å². The molecule has 0 atom stereocenters. The van der Waals surface area contributed by atoms with Crippen LogP contribution in [0.5, 0.6) is 0 Å². The van der Waals surface area contributed by atoms with Crippen molar-refractivity contribution in [3.8, 4) is 0 Å². The van der Waals surface area contributed by atoms with Crippen molar-refractivity contribution in [2.75, 3.05) is 16.4 Å². The van der Waals surface area contributed by atoms with Gasteiger partial charge >= 0.3 is 0 Å². The van der Waals surface area contributed by atoms with Crippen molar-refractivity contribution in [2.24, 2.45) is 0 Å². The van der Waals surface area contributed by atoms with Gasteiger partial charge in [-0.15, -0.1) is 0 Å². The highest BCUT2D eigenvalue weighted by atomic mass is 16.2. The first-order chi connectivity index (χ1) is 9.08. The van der Waals surface area contributed by atoms with Crippen LogP contribution in [-0.2, 0) is 0 Å². The van der Waals surface area contributed by atoms with Crippen molar-refractivity contribution in [2.45, 2.75) is 0 Å². The molecule has 7 nitrogen and oxygen atoms in total. The van der Waals surface area contributed by atoms with Crippen LogP contribution in [0.25, 0.3) is 0 Å². The third-order valence-electron chi connectivity index (χ3n) is 2.75. The Bertz CT molecular complexity index is 658. The number of rotatable bonds is 1. The molecule has 1 aliphatic heterocycles. The first-order valence-corrected chi connectivity index (χ1v) is 5.46. The van der Waals surface area contributed by atoms with E-state index in [-0.39, 0.29) is 17.6 Å². The van der Waals surface area contributed by atoms with Crippen LogP contribution in [0.15, 0.2) is 30.3 Å². The van der Waals surface area contributed by atoms with Gasteiger partial charge in [-0.2, -0.15) is 9.97 Å². The normalized spacial score (nSPS) is 13.8. The first-order valence-electron chi connectivity index (χ1n) is 5.46. The zero-order chi connectivity index (χ0) is 13.6. The summed E-state index contributed by atoms with van der Waals surface area (Å²) in [6.45, 7) is 0. The van der Waals surface area contributed by atoms with Gasteiger partial charge in [-0.05, 0) is 12.1 Å². The molecule has 0 spiro atoms. The number of nitrogens with zero attached hydrogens (tertiary/aromatic N) is 3. The molecule has 19 heavy (non-hydrogen) atoms. The highest BCUT2D eigenvalue weighted by molar-refractivity contribution is 6.33. The summed E-state index contributed by atoms with van der Waals surface area (Å²) in [4.78, 5) is 33.0. The molecule has 94 valence electrons. The summed E-state index contributed by atoms with van der Waals surface area (Å²) in [7, 11) is 0. The predicted octanol–water partition coefficient (Wildman–Crippen LogP) is 0.442. The van der Waals surface area contributed by atoms with E-state index in [0.29, 0.717) is 11.1 Å². The molecule has 0 aliphatic carbocycles. The number of imide groups is 1. The molecule has 0 saturated heterocycles. The number of aromatic nitrogens is 2.